The number of nitrogens with one attached hydrogen (secondary N) is 1. The molecule has 19 heavy (non-hydrogen) atoms. The van der Waals surface area contributed by atoms with Gasteiger partial charge in [0, 0.05) is 31.9 Å². The SMILES string of the molecule is N#Cc1ccc(N2CCN3C(=O)NCC3C2)cc1Cl. The highest BCUT2D eigenvalue weighted by Gasteiger charge is 2.35. The predicted octanol–water partition coefficient (Wildman–Crippen LogP) is 1.43. The highest BCUT2D eigenvalue weighted by molar-refractivity contribution is 6.32. The summed E-state index contributed by atoms with van der Waals surface area (Å²) in [6, 6.07) is 7.77. The smallest absolute Gasteiger partial charge is 0.317 e. The molecule has 2 aliphatic rings. The zero-order valence-electron chi connectivity index (χ0n) is 10.3. The first-order valence-electron chi connectivity index (χ1n) is 6.18. The van der Waals surface area contributed by atoms with E-state index in [2.05, 4.69) is 16.3 Å². The number of anilines is 1. The van der Waals surface area contributed by atoms with Crippen molar-refractivity contribution in [2.75, 3.05) is 31.1 Å². The molecule has 1 N–H and O–H groups in total. The second kappa shape index (κ2) is 4.63. The van der Waals surface area contributed by atoms with Crippen LogP contribution in [0.5, 0.6) is 0 Å². The number of urea groups is 1. The zero-order chi connectivity index (χ0) is 13.4. The Kier molecular flexibility index (Phi) is 2.96. The second-order valence-electron chi connectivity index (χ2n) is 4.76. The predicted molar refractivity (Wildman–Crippen MR) is 72.3 cm³/mol. The Hall–Kier alpha value is -1.93. The quantitative estimate of drug-likeness (QED) is 0.844. The van der Waals surface area contributed by atoms with E-state index in [0.717, 1.165) is 18.8 Å². The van der Waals surface area contributed by atoms with Gasteiger partial charge in [-0.25, -0.2) is 4.79 Å². The highest BCUT2D eigenvalue weighted by Crippen LogP contribution is 2.26. The summed E-state index contributed by atoms with van der Waals surface area (Å²) in [6.07, 6.45) is 0. The summed E-state index contributed by atoms with van der Waals surface area (Å²) in [7, 11) is 0. The van der Waals surface area contributed by atoms with Crippen LogP contribution in [0.1, 0.15) is 5.56 Å². The van der Waals surface area contributed by atoms with Crippen molar-refractivity contribution in [3.63, 3.8) is 0 Å². The number of benzene rings is 1. The maximum atomic E-state index is 11.5. The topological polar surface area (TPSA) is 59.4 Å². The van der Waals surface area contributed by atoms with Gasteiger partial charge in [-0.05, 0) is 18.2 Å². The van der Waals surface area contributed by atoms with E-state index in [1.54, 1.807) is 6.07 Å². The zero-order valence-corrected chi connectivity index (χ0v) is 11.0. The van der Waals surface area contributed by atoms with Gasteiger partial charge in [0.2, 0.25) is 0 Å². The minimum Gasteiger partial charge on any atom is -0.368 e. The second-order valence-corrected chi connectivity index (χ2v) is 5.16. The lowest BCUT2D eigenvalue weighted by Crippen LogP contribution is -2.52. The largest absolute Gasteiger partial charge is 0.368 e. The van der Waals surface area contributed by atoms with Gasteiger partial charge < -0.3 is 15.1 Å². The summed E-state index contributed by atoms with van der Waals surface area (Å²) < 4.78 is 0. The summed E-state index contributed by atoms with van der Waals surface area (Å²) in [6.45, 7) is 2.99. The Morgan fingerprint density at radius 1 is 1.42 bits per heavy atom. The molecule has 2 heterocycles. The van der Waals surface area contributed by atoms with Crippen LogP contribution in [0, 0.1) is 11.3 Å². The number of nitriles is 1. The number of hydrogen-bond acceptors (Lipinski definition) is 3. The van der Waals surface area contributed by atoms with Gasteiger partial charge in [0.05, 0.1) is 16.6 Å². The van der Waals surface area contributed by atoms with Crippen molar-refractivity contribution in [2.45, 2.75) is 6.04 Å². The third-order valence-electron chi connectivity index (χ3n) is 3.67. The van der Waals surface area contributed by atoms with Crippen molar-refractivity contribution in [1.29, 1.82) is 5.26 Å². The summed E-state index contributed by atoms with van der Waals surface area (Å²) in [5.41, 5.74) is 1.49. The maximum Gasteiger partial charge on any atom is 0.317 e. The van der Waals surface area contributed by atoms with Gasteiger partial charge >= 0.3 is 6.03 Å². The fraction of sp³-hybridized carbons (Fsp3) is 0.385. The molecule has 3 rings (SSSR count). The minimum absolute atomic E-state index is 0.0301. The molecule has 2 aliphatic heterocycles. The fourth-order valence-electron chi connectivity index (χ4n) is 2.63. The van der Waals surface area contributed by atoms with E-state index >= 15 is 0 Å². The van der Waals surface area contributed by atoms with Gasteiger partial charge in [-0.1, -0.05) is 11.6 Å². The third-order valence-corrected chi connectivity index (χ3v) is 3.98. The number of hydrogen-bond donors (Lipinski definition) is 1. The van der Waals surface area contributed by atoms with Crippen LogP contribution in [0.15, 0.2) is 18.2 Å². The molecule has 5 nitrogen and oxygen atoms in total. The summed E-state index contributed by atoms with van der Waals surface area (Å²) in [5, 5.41) is 12.2. The number of carbonyl (C=O) groups excluding carboxylic acids is 1. The molecule has 0 saturated carbocycles. The molecule has 98 valence electrons. The van der Waals surface area contributed by atoms with Gasteiger partial charge in [0.1, 0.15) is 6.07 Å². The van der Waals surface area contributed by atoms with Crippen LogP contribution >= 0.6 is 11.6 Å². The highest BCUT2D eigenvalue weighted by atomic mass is 35.5. The van der Waals surface area contributed by atoms with Crippen LogP contribution in [0.3, 0.4) is 0 Å². The van der Waals surface area contributed by atoms with E-state index in [1.807, 2.05) is 17.0 Å². The number of rotatable bonds is 1. The van der Waals surface area contributed by atoms with Crippen LogP contribution in [-0.4, -0.2) is 43.2 Å². The van der Waals surface area contributed by atoms with Crippen molar-refractivity contribution in [1.82, 2.24) is 10.2 Å². The minimum atomic E-state index is 0.0301. The molecule has 6 heteroatoms. The van der Waals surface area contributed by atoms with Crippen molar-refractivity contribution >= 4 is 23.3 Å². The summed E-state index contributed by atoms with van der Waals surface area (Å²) in [4.78, 5) is 15.6. The molecular weight excluding hydrogens is 264 g/mol. The molecule has 0 radical (unpaired) electrons. The molecule has 1 aromatic carbocycles. The number of fused-ring (bicyclic) bond motifs is 1. The Balaban J connectivity index is 1.79. The molecule has 0 bridgehead atoms. The van der Waals surface area contributed by atoms with E-state index in [9.17, 15) is 4.79 Å². The molecule has 2 fully saturated rings. The van der Waals surface area contributed by atoms with Gasteiger partial charge in [-0.15, -0.1) is 0 Å². The van der Waals surface area contributed by atoms with Crippen molar-refractivity contribution < 1.29 is 4.79 Å². The molecule has 1 atom stereocenters. The van der Waals surface area contributed by atoms with E-state index in [-0.39, 0.29) is 12.1 Å². The average Bonchev–Trinajstić information content (AvgIpc) is 2.80. The molecule has 1 aromatic rings. The standard InChI is InChI=1S/C13H13ClN4O/c14-12-5-10(2-1-9(12)6-15)17-3-4-18-11(8-17)7-16-13(18)19/h1-2,5,11H,3-4,7-8H2,(H,16,19). The van der Waals surface area contributed by atoms with Gasteiger partial charge in [-0.3, -0.25) is 0 Å². The third kappa shape index (κ3) is 2.08. The first kappa shape index (κ1) is 12.1. The lowest BCUT2D eigenvalue weighted by Gasteiger charge is -2.37. The van der Waals surface area contributed by atoms with Crippen molar-refractivity contribution in [3.8, 4) is 6.07 Å². The van der Waals surface area contributed by atoms with Crippen molar-refractivity contribution in [3.05, 3.63) is 28.8 Å². The van der Waals surface area contributed by atoms with Crippen LogP contribution in [0.25, 0.3) is 0 Å². The van der Waals surface area contributed by atoms with E-state index in [0.29, 0.717) is 23.7 Å². The average molecular weight is 277 g/mol. The Bertz CT molecular complexity index is 568. The lowest BCUT2D eigenvalue weighted by atomic mass is 10.1. The maximum absolute atomic E-state index is 11.5. The molecular formula is C13H13ClN4O. The number of carbonyl (C=O) groups is 1. The van der Waals surface area contributed by atoms with Crippen LogP contribution in [-0.2, 0) is 0 Å². The Labute approximate surface area is 116 Å². The van der Waals surface area contributed by atoms with E-state index in [1.165, 1.54) is 0 Å². The van der Waals surface area contributed by atoms with Gasteiger partial charge in [0.15, 0.2) is 0 Å². The summed E-state index contributed by atoms with van der Waals surface area (Å²) >= 11 is 6.06. The number of amides is 2. The number of piperazine rings is 1. The number of halogens is 1. The normalized spacial score (nSPS) is 21.9. The molecule has 1 unspecified atom stereocenters. The molecule has 0 spiro atoms. The monoisotopic (exact) mass is 276 g/mol. The molecule has 0 aliphatic carbocycles. The summed E-state index contributed by atoms with van der Waals surface area (Å²) in [5.74, 6) is 0. The molecule has 2 saturated heterocycles. The Morgan fingerprint density at radius 3 is 3.00 bits per heavy atom. The number of nitrogens with zero attached hydrogens (tertiary/aromatic N) is 3. The van der Waals surface area contributed by atoms with Gasteiger partial charge in [-0.2, -0.15) is 5.26 Å². The first-order chi connectivity index (χ1) is 9.19. The van der Waals surface area contributed by atoms with Crippen molar-refractivity contribution in [2.24, 2.45) is 0 Å². The van der Waals surface area contributed by atoms with E-state index in [4.69, 9.17) is 16.9 Å². The van der Waals surface area contributed by atoms with Crippen LogP contribution in [0.4, 0.5) is 10.5 Å². The lowest BCUT2D eigenvalue weighted by molar-refractivity contribution is 0.197. The van der Waals surface area contributed by atoms with Crippen LogP contribution in [0.2, 0.25) is 5.02 Å². The first-order valence-corrected chi connectivity index (χ1v) is 6.56. The van der Waals surface area contributed by atoms with E-state index < -0.39 is 0 Å². The Morgan fingerprint density at radius 2 is 2.26 bits per heavy atom. The fourth-order valence-corrected chi connectivity index (χ4v) is 2.85. The van der Waals surface area contributed by atoms with Gasteiger partial charge in [0.25, 0.3) is 0 Å². The molecule has 2 amide bonds. The molecule has 0 aromatic heterocycles. The van der Waals surface area contributed by atoms with Crippen LogP contribution < -0.4 is 10.2 Å².